The number of carbonyl (C=O) groups is 4. The topological polar surface area (TPSA) is 96.0 Å². The van der Waals surface area contributed by atoms with Gasteiger partial charge in [0.1, 0.15) is 0 Å². The normalized spacial score (nSPS) is 12.3. The van der Waals surface area contributed by atoms with Gasteiger partial charge in [0.05, 0.1) is 38.0 Å². The minimum absolute atomic E-state index is 0.218. The Bertz CT molecular complexity index is 1350. The van der Waals surface area contributed by atoms with Crippen molar-refractivity contribution in [3.63, 3.8) is 0 Å². The summed E-state index contributed by atoms with van der Waals surface area (Å²) in [5.41, 5.74) is 4.33. The van der Waals surface area contributed by atoms with Crippen molar-refractivity contribution >= 4 is 34.8 Å². The van der Waals surface area contributed by atoms with Crippen LogP contribution in [0.2, 0.25) is 0 Å². The van der Waals surface area contributed by atoms with Crippen molar-refractivity contribution in [2.75, 3.05) is 21.3 Å². The Morgan fingerprint density at radius 1 is 0.529 bits per heavy atom. The summed E-state index contributed by atoms with van der Waals surface area (Å²) in [6, 6.07) is 18.0. The van der Waals surface area contributed by atoms with Gasteiger partial charge in [0.2, 0.25) is 0 Å². The van der Waals surface area contributed by atoms with Crippen LogP contribution in [0.5, 0.6) is 0 Å². The summed E-state index contributed by atoms with van der Waals surface area (Å²) in [5.74, 6) is -1.70. The lowest BCUT2D eigenvalue weighted by atomic mass is 9.93. The summed E-state index contributed by atoms with van der Waals surface area (Å²) in [6.07, 6.45) is 0. The minimum Gasteiger partial charge on any atom is -0.465 e. The lowest BCUT2D eigenvalue weighted by Crippen LogP contribution is -2.04. The van der Waals surface area contributed by atoms with Gasteiger partial charge in [-0.05, 0) is 59.2 Å². The molecule has 1 aliphatic carbocycles. The molecule has 7 heteroatoms. The Morgan fingerprint density at radius 3 is 1.41 bits per heavy atom. The van der Waals surface area contributed by atoms with Gasteiger partial charge in [0.25, 0.3) is 0 Å². The number of Topliss-reactive ketones (excluding diaryl/α,β-unsaturated/α-hetero) is 1. The van der Waals surface area contributed by atoms with E-state index in [0.717, 1.165) is 0 Å². The molecule has 0 spiro atoms. The fourth-order valence-corrected chi connectivity index (χ4v) is 3.93. The molecular formula is C27H20O7. The van der Waals surface area contributed by atoms with Gasteiger partial charge in [-0.15, -0.1) is 0 Å². The lowest BCUT2D eigenvalue weighted by molar-refractivity contribution is 0.0592. The zero-order valence-corrected chi connectivity index (χ0v) is 18.7. The predicted molar refractivity (Wildman–Crippen MR) is 124 cm³/mol. The third kappa shape index (κ3) is 3.88. The van der Waals surface area contributed by atoms with Crippen LogP contribution in [0, 0.1) is 0 Å². The summed E-state index contributed by atoms with van der Waals surface area (Å²) < 4.78 is 14.4. The molecule has 34 heavy (non-hydrogen) atoms. The zero-order valence-electron chi connectivity index (χ0n) is 18.7. The second-order valence-corrected chi connectivity index (χ2v) is 7.47. The molecule has 0 bridgehead atoms. The van der Waals surface area contributed by atoms with E-state index in [0.29, 0.717) is 50.1 Å². The van der Waals surface area contributed by atoms with E-state index < -0.39 is 17.9 Å². The number of ketones is 1. The second-order valence-electron chi connectivity index (χ2n) is 7.47. The van der Waals surface area contributed by atoms with E-state index in [2.05, 4.69) is 0 Å². The van der Waals surface area contributed by atoms with Gasteiger partial charge in [0.15, 0.2) is 5.78 Å². The number of carbonyl (C=O) groups excluding carboxylic acids is 4. The van der Waals surface area contributed by atoms with E-state index in [1.165, 1.54) is 21.3 Å². The standard InChI is InChI=1S/C27H20O7/c1-32-25(29)17-8-4-15(5-9-17)22-21-14-19(27(31)34-3)12-13-20(21)24(28)23(22)16-6-10-18(11-7-16)26(30)33-2/h4-14H,1-3H3. The van der Waals surface area contributed by atoms with Crippen molar-refractivity contribution in [2.45, 2.75) is 0 Å². The lowest BCUT2D eigenvalue weighted by Gasteiger charge is -2.11. The van der Waals surface area contributed by atoms with Crippen LogP contribution >= 0.6 is 0 Å². The summed E-state index contributed by atoms with van der Waals surface area (Å²) in [4.78, 5) is 49.3. The highest BCUT2D eigenvalue weighted by Gasteiger charge is 2.32. The molecule has 4 rings (SSSR count). The van der Waals surface area contributed by atoms with E-state index in [-0.39, 0.29) is 5.78 Å². The van der Waals surface area contributed by atoms with Crippen molar-refractivity contribution in [1.82, 2.24) is 0 Å². The van der Waals surface area contributed by atoms with Gasteiger partial charge in [-0.1, -0.05) is 24.3 Å². The number of benzene rings is 3. The molecule has 0 saturated heterocycles. The molecule has 0 atom stereocenters. The van der Waals surface area contributed by atoms with Crippen LogP contribution in [0.15, 0.2) is 66.7 Å². The van der Waals surface area contributed by atoms with Gasteiger partial charge < -0.3 is 14.2 Å². The molecule has 3 aromatic rings. The smallest absolute Gasteiger partial charge is 0.337 e. The van der Waals surface area contributed by atoms with Gasteiger partial charge in [-0.25, -0.2) is 14.4 Å². The van der Waals surface area contributed by atoms with Crippen molar-refractivity contribution in [1.29, 1.82) is 0 Å². The SMILES string of the molecule is COC(=O)c1ccc(C2=C(c3ccc(C(=O)OC)cc3)c3cc(C(=O)OC)ccc3C2=O)cc1. The maximum absolute atomic E-state index is 13.5. The van der Waals surface area contributed by atoms with Gasteiger partial charge >= 0.3 is 17.9 Å². The average Bonchev–Trinajstić information content (AvgIpc) is 3.18. The minimum atomic E-state index is -0.522. The third-order valence-corrected chi connectivity index (χ3v) is 5.62. The van der Waals surface area contributed by atoms with Crippen molar-refractivity contribution in [3.05, 3.63) is 106 Å². The summed E-state index contributed by atoms with van der Waals surface area (Å²) in [6.45, 7) is 0. The van der Waals surface area contributed by atoms with Crippen LogP contribution in [0.4, 0.5) is 0 Å². The van der Waals surface area contributed by atoms with Crippen LogP contribution in [-0.4, -0.2) is 45.0 Å². The molecule has 0 N–H and O–H groups in total. The van der Waals surface area contributed by atoms with E-state index in [4.69, 9.17) is 14.2 Å². The first-order valence-electron chi connectivity index (χ1n) is 10.3. The molecule has 3 aromatic carbocycles. The zero-order chi connectivity index (χ0) is 24.4. The van der Waals surface area contributed by atoms with Crippen LogP contribution in [0.25, 0.3) is 11.1 Å². The van der Waals surface area contributed by atoms with Crippen molar-refractivity contribution in [3.8, 4) is 0 Å². The molecule has 0 amide bonds. The predicted octanol–water partition coefficient (Wildman–Crippen LogP) is 4.20. The maximum atomic E-state index is 13.5. The molecule has 0 fully saturated rings. The number of ether oxygens (including phenoxy) is 3. The van der Waals surface area contributed by atoms with Crippen LogP contribution in [0.3, 0.4) is 0 Å². The van der Waals surface area contributed by atoms with Gasteiger partial charge in [-0.2, -0.15) is 0 Å². The molecular weight excluding hydrogens is 436 g/mol. The van der Waals surface area contributed by atoms with E-state index in [1.807, 2.05) is 0 Å². The fraction of sp³-hybridized carbons (Fsp3) is 0.111. The number of methoxy groups -OCH3 is 3. The second kappa shape index (κ2) is 9.15. The quantitative estimate of drug-likeness (QED) is 0.419. The van der Waals surface area contributed by atoms with E-state index >= 15 is 0 Å². The number of hydrogen-bond donors (Lipinski definition) is 0. The molecule has 0 aliphatic heterocycles. The number of rotatable bonds is 5. The van der Waals surface area contributed by atoms with E-state index in [9.17, 15) is 19.2 Å². The Kier molecular flexibility index (Phi) is 6.10. The van der Waals surface area contributed by atoms with Crippen LogP contribution in [0.1, 0.15) is 58.1 Å². The fourth-order valence-electron chi connectivity index (χ4n) is 3.93. The van der Waals surface area contributed by atoms with Crippen molar-refractivity contribution < 1.29 is 33.4 Å². The molecule has 0 radical (unpaired) electrons. The van der Waals surface area contributed by atoms with Gasteiger partial charge in [0, 0.05) is 16.7 Å². The monoisotopic (exact) mass is 456 g/mol. The number of esters is 3. The molecule has 1 aliphatic rings. The highest BCUT2D eigenvalue weighted by molar-refractivity contribution is 6.41. The summed E-state index contributed by atoms with van der Waals surface area (Å²) in [7, 11) is 3.89. The van der Waals surface area contributed by atoms with Crippen LogP contribution < -0.4 is 0 Å². The molecule has 0 aromatic heterocycles. The molecule has 0 heterocycles. The van der Waals surface area contributed by atoms with Crippen LogP contribution in [-0.2, 0) is 14.2 Å². The summed E-state index contributed by atoms with van der Waals surface area (Å²) in [5, 5.41) is 0. The number of fused-ring (bicyclic) bond motifs is 1. The highest BCUT2D eigenvalue weighted by atomic mass is 16.5. The molecule has 0 unspecified atom stereocenters. The number of allylic oxidation sites excluding steroid dienone is 1. The molecule has 170 valence electrons. The largest absolute Gasteiger partial charge is 0.465 e. The van der Waals surface area contributed by atoms with E-state index in [1.54, 1.807) is 66.7 Å². The Labute approximate surface area is 195 Å². The maximum Gasteiger partial charge on any atom is 0.337 e. The third-order valence-electron chi connectivity index (χ3n) is 5.62. The first-order valence-corrected chi connectivity index (χ1v) is 10.3. The Hall–Kier alpha value is -4.52. The Morgan fingerprint density at radius 2 is 0.941 bits per heavy atom. The first-order chi connectivity index (χ1) is 16.4. The molecule has 0 saturated carbocycles. The van der Waals surface area contributed by atoms with Crippen molar-refractivity contribution in [2.24, 2.45) is 0 Å². The Balaban J connectivity index is 1.92. The molecule has 7 nitrogen and oxygen atoms in total. The van der Waals surface area contributed by atoms with Gasteiger partial charge in [-0.3, -0.25) is 4.79 Å². The summed E-state index contributed by atoms with van der Waals surface area (Å²) >= 11 is 0. The highest BCUT2D eigenvalue weighted by Crippen LogP contribution is 2.42. The average molecular weight is 456 g/mol. The number of hydrogen-bond acceptors (Lipinski definition) is 7. The first kappa shape index (κ1) is 22.7.